The Morgan fingerprint density at radius 1 is 1.53 bits per heavy atom. The smallest absolute Gasteiger partial charge is 0.325 e. The number of benzene rings is 1. The quantitative estimate of drug-likeness (QED) is 0.868. The van der Waals surface area contributed by atoms with E-state index in [1.807, 2.05) is 0 Å². The van der Waals surface area contributed by atoms with E-state index < -0.39 is 12.0 Å². The second-order valence-electron chi connectivity index (χ2n) is 3.48. The molecule has 0 aliphatic carbocycles. The molecule has 88 valence electrons. The molecule has 2 rings (SSSR count). The van der Waals surface area contributed by atoms with Gasteiger partial charge in [-0.05, 0) is 23.8 Å². The molecule has 0 aliphatic rings. The molecule has 0 radical (unpaired) electrons. The van der Waals surface area contributed by atoms with Crippen molar-refractivity contribution in [3.63, 3.8) is 0 Å². The summed E-state index contributed by atoms with van der Waals surface area (Å²) in [6.07, 6.45) is 3.38. The molecule has 17 heavy (non-hydrogen) atoms. The molecule has 3 N–H and O–H groups in total. The summed E-state index contributed by atoms with van der Waals surface area (Å²) in [7, 11) is 0. The second kappa shape index (κ2) is 4.57. The van der Waals surface area contributed by atoms with Crippen LogP contribution in [0.3, 0.4) is 0 Å². The SMILES string of the molecule is NC(C(=O)O)c1ccc(-n2cccn2)c(Cl)c1. The third-order valence-corrected chi connectivity index (χ3v) is 2.65. The van der Waals surface area contributed by atoms with Gasteiger partial charge in [0.15, 0.2) is 0 Å². The van der Waals surface area contributed by atoms with Gasteiger partial charge in [-0.2, -0.15) is 5.10 Å². The maximum Gasteiger partial charge on any atom is 0.325 e. The van der Waals surface area contributed by atoms with E-state index in [2.05, 4.69) is 5.10 Å². The molecule has 2 aromatic rings. The number of carboxylic acid groups (broad SMARTS) is 1. The fourth-order valence-electron chi connectivity index (χ4n) is 1.46. The van der Waals surface area contributed by atoms with Crippen LogP contribution in [0.15, 0.2) is 36.7 Å². The summed E-state index contributed by atoms with van der Waals surface area (Å²) < 4.78 is 1.60. The topological polar surface area (TPSA) is 81.1 Å². The molecule has 0 amide bonds. The predicted molar refractivity (Wildman–Crippen MR) is 63.1 cm³/mol. The molecule has 0 spiro atoms. The zero-order valence-electron chi connectivity index (χ0n) is 8.75. The Morgan fingerprint density at radius 3 is 2.82 bits per heavy atom. The van der Waals surface area contributed by atoms with Gasteiger partial charge >= 0.3 is 5.97 Å². The standard InChI is InChI=1S/C11H10ClN3O2/c12-8-6-7(10(13)11(16)17)2-3-9(8)15-5-1-4-14-15/h1-6,10H,13H2,(H,16,17). The lowest BCUT2D eigenvalue weighted by atomic mass is 10.1. The molecule has 0 aliphatic heterocycles. The third kappa shape index (κ3) is 2.30. The first kappa shape index (κ1) is 11.6. The summed E-state index contributed by atoms with van der Waals surface area (Å²) in [5.74, 6) is -1.09. The number of carbonyl (C=O) groups is 1. The van der Waals surface area contributed by atoms with Crippen molar-refractivity contribution in [3.8, 4) is 5.69 Å². The van der Waals surface area contributed by atoms with Gasteiger partial charge in [-0.3, -0.25) is 4.79 Å². The van der Waals surface area contributed by atoms with E-state index >= 15 is 0 Å². The van der Waals surface area contributed by atoms with E-state index in [0.29, 0.717) is 16.3 Å². The van der Waals surface area contributed by atoms with Gasteiger partial charge in [0.1, 0.15) is 6.04 Å². The Labute approximate surface area is 102 Å². The monoisotopic (exact) mass is 251 g/mol. The molecular formula is C11H10ClN3O2. The molecule has 1 aromatic heterocycles. The first-order valence-corrected chi connectivity index (χ1v) is 5.25. The average Bonchev–Trinajstić information content (AvgIpc) is 2.81. The minimum Gasteiger partial charge on any atom is -0.480 e. The van der Waals surface area contributed by atoms with Crippen molar-refractivity contribution in [1.82, 2.24) is 9.78 Å². The van der Waals surface area contributed by atoms with E-state index in [-0.39, 0.29) is 0 Å². The highest BCUT2D eigenvalue weighted by atomic mass is 35.5. The van der Waals surface area contributed by atoms with Crippen LogP contribution in [-0.2, 0) is 4.79 Å². The number of hydrogen-bond acceptors (Lipinski definition) is 3. The Hall–Kier alpha value is -1.85. The van der Waals surface area contributed by atoms with Gasteiger partial charge in [0.2, 0.25) is 0 Å². The van der Waals surface area contributed by atoms with Crippen molar-refractivity contribution < 1.29 is 9.90 Å². The molecule has 0 bridgehead atoms. The number of aliphatic carboxylic acids is 1. The zero-order chi connectivity index (χ0) is 12.4. The zero-order valence-corrected chi connectivity index (χ0v) is 9.50. The number of aromatic nitrogens is 2. The first-order valence-electron chi connectivity index (χ1n) is 4.87. The maximum atomic E-state index is 10.7. The summed E-state index contributed by atoms with van der Waals surface area (Å²) in [6.45, 7) is 0. The Kier molecular flexibility index (Phi) is 3.12. The summed E-state index contributed by atoms with van der Waals surface area (Å²) in [5.41, 5.74) is 6.63. The lowest BCUT2D eigenvalue weighted by Crippen LogP contribution is -2.20. The van der Waals surface area contributed by atoms with Gasteiger partial charge < -0.3 is 10.8 Å². The van der Waals surface area contributed by atoms with Crippen LogP contribution >= 0.6 is 11.6 Å². The van der Waals surface area contributed by atoms with Gasteiger partial charge in [0, 0.05) is 12.4 Å². The molecule has 1 unspecified atom stereocenters. The van der Waals surface area contributed by atoms with E-state index in [1.54, 1.807) is 35.3 Å². The molecule has 1 aromatic carbocycles. The molecule has 5 nitrogen and oxygen atoms in total. The highest BCUT2D eigenvalue weighted by molar-refractivity contribution is 6.32. The van der Waals surface area contributed by atoms with Crippen LogP contribution in [0.25, 0.3) is 5.69 Å². The van der Waals surface area contributed by atoms with Crippen molar-refractivity contribution in [1.29, 1.82) is 0 Å². The van der Waals surface area contributed by atoms with Crippen LogP contribution in [0.1, 0.15) is 11.6 Å². The number of rotatable bonds is 3. The molecule has 0 saturated carbocycles. The van der Waals surface area contributed by atoms with E-state index in [4.69, 9.17) is 22.4 Å². The molecule has 1 atom stereocenters. The summed E-state index contributed by atoms with van der Waals surface area (Å²) >= 11 is 6.06. The molecular weight excluding hydrogens is 242 g/mol. The summed E-state index contributed by atoms with van der Waals surface area (Å²) in [6, 6.07) is 5.55. The van der Waals surface area contributed by atoms with E-state index in [1.165, 1.54) is 6.07 Å². The third-order valence-electron chi connectivity index (χ3n) is 2.35. The first-order chi connectivity index (χ1) is 8.09. The highest BCUT2D eigenvalue weighted by Gasteiger charge is 2.15. The second-order valence-corrected chi connectivity index (χ2v) is 3.88. The van der Waals surface area contributed by atoms with Gasteiger partial charge in [-0.15, -0.1) is 0 Å². The van der Waals surface area contributed by atoms with E-state index in [0.717, 1.165) is 0 Å². The molecule has 0 saturated heterocycles. The molecule has 0 fully saturated rings. The lowest BCUT2D eigenvalue weighted by molar-refractivity contribution is -0.138. The van der Waals surface area contributed by atoms with Crippen molar-refractivity contribution in [3.05, 3.63) is 47.2 Å². The van der Waals surface area contributed by atoms with Gasteiger partial charge in [-0.1, -0.05) is 17.7 Å². The van der Waals surface area contributed by atoms with Crippen molar-refractivity contribution in [2.45, 2.75) is 6.04 Å². The predicted octanol–water partition coefficient (Wildman–Crippen LogP) is 1.61. The molecule has 1 heterocycles. The van der Waals surface area contributed by atoms with Crippen LogP contribution in [-0.4, -0.2) is 20.9 Å². The maximum absolute atomic E-state index is 10.7. The minimum atomic E-state index is -1.09. The fraction of sp³-hybridized carbons (Fsp3) is 0.0909. The normalized spacial score (nSPS) is 12.4. The van der Waals surface area contributed by atoms with Crippen LogP contribution in [0.2, 0.25) is 5.02 Å². The van der Waals surface area contributed by atoms with Crippen molar-refractivity contribution >= 4 is 17.6 Å². The Morgan fingerprint density at radius 2 is 2.29 bits per heavy atom. The van der Waals surface area contributed by atoms with Crippen LogP contribution < -0.4 is 5.73 Å². The van der Waals surface area contributed by atoms with Gasteiger partial charge in [0.05, 0.1) is 10.7 Å². The highest BCUT2D eigenvalue weighted by Crippen LogP contribution is 2.23. The van der Waals surface area contributed by atoms with E-state index in [9.17, 15) is 4.79 Å². The van der Waals surface area contributed by atoms with Gasteiger partial charge in [-0.25, -0.2) is 4.68 Å². The largest absolute Gasteiger partial charge is 0.480 e. The van der Waals surface area contributed by atoms with Crippen molar-refractivity contribution in [2.75, 3.05) is 0 Å². The van der Waals surface area contributed by atoms with Crippen molar-refractivity contribution in [2.24, 2.45) is 5.73 Å². The Balaban J connectivity index is 2.39. The summed E-state index contributed by atoms with van der Waals surface area (Å²) in [5, 5.41) is 13.2. The number of nitrogens with zero attached hydrogens (tertiary/aromatic N) is 2. The fourth-order valence-corrected chi connectivity index (χ4v) is 1.73. The van der Waals surface area contributed by atoms with Crippen LogP contribution in [0, 0.1) is 0 Å². The number of carboxylic acids is 1. The average molecular weight is 252 g/mol. The number of halogens is 1. The molecule has 6 heteroatoms. The van der Waals surface area contributed by atoms with Crippen LogP contribution in [0.5, 0.6) is 0 Å². The lowest BCUT2D eigenvalue weighted by Gasteiger charge is -2.10. The van der Waals surface area contributed by atoms with Crippen LogP contribution in [0.4, 0.5) is 0 Å². The van der Waals surface area contributed by atoms with Gasteiger partial charge in [0.25, 0.3) is 0 Å². The number of hydrogen-bond donors (Lipinski definition) is 2. The minimum absolute atomic E-state index is 0.405. The number of nitrogens with two attached hydrogens (primary N) is 1. The summed E-state index contributed by atoms with van der Waals surface area (Å²) in [4.78, 5) is 10.7. The Bertz CT molecular complexity index is 540.